The third-order valence-corrected chi connectivity index (χ3v) is 6.45. The molecule has 0 radical (unpaired) electrons. The number of carbonyl (C=O) groups is 2. The van der Waals surface area contributed by atoms with E-state index < -0.39 is 17.1 Å². The van der Waals surface area contributed by atoms with Crippen LogP contribution in [0.25, 0.3) is 0 Å². The number of rotatable bonds is 9. The molecule has 2 aromatic carbocycles. The zero-order valence-corrected chi connectivity index (χ0v) is 18.6. The van der Waals surface area contributed by atoms with Gasteiger partial charge in [-0.15, -0.1) is 0 Å². The number of ether oxygens (including phenoxy) is 1. The second-order valence-corrected chi connectivity index (χ2v) is 8.37. The maximum absolute atomic E-state index is 13.5. The Morgan fingerprint density at radius 1 is 1.00 bits per heavy atom. The number of Topliss-reactive ketones (excluding diaryl/α,β-unsaturated/α-hetero) is 1. The summed E-state index contributed by atoms with van der Waals surface area (Å²) in [4.78, 5) is 25.0. The van der Waals surface area contributed by atoms with E-state index in [1.807, 2.05) is 88.6 Å². The molecule has 2 aromatic rings. The van der Waals surface area contributed by atoms with E-state index in [4.69, 9.17) is 16.3 Å². The predicted molar refractivity (Wildman–Crippen MR) is 117 cm³/mol. The highest BCUT2D eigenvalue weighted by Crippen LogP contribution is 2.41. The molecule has 156 valence electrons. The number of hydrogen-bond donors (Lipinski definition) is 0. The van der Waals surface area contributed by atoms with Gasteiger partial charge in [0.2, 0.25) is 0 Å². The van der Waals surface area contributed by atoms with Crippen LogP contribution < -0.4 is 0 Å². The summed E-state index contributed by atoms with van der Waals surface area (Å²) in [7, 11) is 3.84. The van der Waals surface area contributed by atoms with Crippen LogP contribution in [0.3, 0.4) is 0 Å². The van der Waals surface area contributed by atoms with Crippen molar-refractivity contribution in [1.29, 1.82) is 0 Å². The maximum atomic E-state index is 13.5. The van der Waals surface area contributed by atoms with Crippen LogP contribution >= 0.6 is 11.6 Å². The molecule has 0 N–H and O–H groups in total. The summed E-state index contributed by atoms with van der Waals surface area (Å²) in [5, 5.41) is 0. The van der Waals surface area contributed by atoms with Gasteiger partial charge in [-0.2, -0.15) is 0 Å². The fraction of sp³-hybridized carbons (Fsp3) is 0.417. The molecule has 0 heterocycles. The molecule has 5 heteroatoms. The first kappa shape index (κ1) is 23.1. The number of quaternary nitrogens is 1. The third-order valence-electron chi connectivity index (χ3n) is 5.85. The molecule has 29 heavy (non-hydrogen) atoms. The highest BCUT2D eigenvalue weighted by atomic mass is 35.5. The molecule has 0 saturated carbocycles. The van der Waals surface area contributed by atoms with Gasteiger partial charge in [0.05, 0.1) is 25.6 Å². The molecule has 2 unspecified atom stereocenters. The van der Waals surface area contributed by atoms with E-state index in [0.717, 1.165) is 11.1 Å². The first-order valence-corrected chi connectivity index (χ1v) is 10.4. The fourth-order valence-corrected chi connectivity index (χ4v) is 4.05. The lowest BCUT2D eigenvalue weighted by atomic mass is 9.66. The summed E-state index contributed by atoms with van der Waals surface area (Å²) in [5.74, 6) is -0.272. The molecule has 0 fully saturated rings. The lowest BCUT2D eigenvalue weighted by Crippen LogP contribution is -2.56. The number of hydrogen-bond acceptors (Lipinski definition) is 3. The van der Waals surface area contributed by atoms with Gasteiger partial charge in [0.15, 0.2) is 0 Å². The molecular weight excluding hydrogens is 386 g/mol. The number of carbonyl (C=O) groups excluding carboxylic acids is 2. The normalized spacial score (nSPS) is 14.1. The lowest BCUT2D eigenvalue weighted by molar-refractivity contribution is -0.942. The topological polar surface area (TPSA) is 43.4 Å². The number of esters is 1. The van der Waals surface area contributed by atoms with Crippen LogP contribution in [0.15, 0.2) is 60.7 Å². The Morgan fingerprint density at radius 2 is 1.45 bits per heavy atom. The molecule has 0 aliphatic carbocycles. The van der Waals surface area contributed by atoms with Crippen LogP contribution in [0.2, 0.25) is 0 Å². The molecule has 0 aromatic heterocycles. The number of ketones is 1. The molecule has 2 atom stereocenters. The van der Waals surface area contributed by atoms with Crippen LogP contribution in [0.4, 0.5) is 0 Å². The summed E-state index contributed by atoms with van der Waals surface area (Å²) in [6.07, 6.45) is 0.948. The van der Waals surface area contributed by atoms with E-state index in [1.54, 1.807) is 0 Å². The minimum Gasteiger partial charge on any atom is -0.398 e. The van der Waals surface area contributed by atoms with Gasteiger partial charge in [-0.25, -0.2) is 0 Å². The van der Waals surface area contributed by atoms with Crippen molar-refractivity contribution >= 4 is 23.4 Å². The van der Waals surface area contributed by atoms with E-state index >= 15 is 0 Å². The number of benzene rings is 2. The van der Waals surface area contributed by atoms with Crippen molar-refractivity contribution in [3.05, 3.63) is 71.8 Å². The fourth-order valence-electron chi connectivity index (χ4n) is 3.74. The molecule has 0 aliphatic rings. The molecule has 0 saturated heterocycles. The van der Waals surface area contributed by atoms with E-state index in [9.17, 15) is 9.59 Å². The molecule has 0 bridgehead atoms. The van der Waals surface area contributed by atoms with Crippen molar-refractivity contribution in [2.24, 2.45) is 0 Å². The van der Waals surface area contributed by atoms with Crippen LogP contribution in [0.1, 0.15) is 44.7 Å². The van der Waals surface area contributed by atoms with Crippen LogP contribution in [-0.4, -0.2) is 42.1 Å². The highest BCUT2D eigenvalue weighted by molar-refractivity contribution is 6.19. The second-order valence-electron chi connectivity index (χ2n) is 8.00. The Hall–Kier alpha value is -2.17. The van der Waals surface area contributed by atoms with Gasteiger partial charge < -0.3 is 4.74 Å². The number of nitrogens with zero attached hydrogens (tertiary/aromatic N) is 1. The quantitative estimate of drug-likeness (QED) is 0.192. The Balaban J connectivity index is 2.59. The Kier molecular flexibility index (Phi) is 7.61. The Morgan fingerprint density at radius 3 is 1.83 bits per heavy atom. The van der Waals surface area contributed by atoms with E-state index in [1.165, 1.54) is 6.92 Å². The van der Waals surface area contributed by atoms with Gasteiger partial charge >= 0.3 is 11.7 Å². The first-order chi connectivity index (χ1) is 13.7. The van der Waals surface area contributed by atoms with Gasteiger partial charge in [0.25, 0.3) is 0 Å². The molecule has 0 amide bonds. The summed E-state index contributed by atoms with van der Waals surface area (Å²) < 4.78 is 5.50. The molecule has 0 spiro atoms. The zero-order chi connectivity index (χ0) is 21.7. The zero-order valence-electron chi connectivity index (χ0n) is 17.9. The van der Waals surface area contributed by atoms with Crippen LogP contribution in [0, 0.1) is 0 Å². The Bertz CT molecular complexity index is 781. The standard InChI is InChI=1S/C24H31ClNO3/c1-6-22(28)24(20-13-9-7-10-14-20,21-15-11-8-12-16-21)17-18(2)26(4,5)23(25)29-19(3)27/h7-16,18,23H,6,17H2,1-5H3/q+1. The highest BCUT2D eigenvalue weighted by Gasteiger charge is 2.46. The smallest absolute Gasteiger partial charge is 0.316 e. The van der Waals surface area contributed by atoms with Crippen molar-refractivity contribution in [3.8, 4) is 0 Å². The summed E-state index contributed by atoms with van der Waals surface area (Å²) >= 11 is 6.44. The first-order valence-electron chi connectivity index (χ1n) is 9.95. The predicted octanol–water partition coefficient (Wildman–Crippen LogP) is 4.89. The number of alkyl halides is 1. The van der Waals surface area contributed by atoms with Crippen molar-refractivity contribution in [3.63, 3.8) is 0 Å². The molecular formula is C24H31ClNO3+. The van der Waals surface area contributed by atoms with Gasteiger partial charge in [0, 0.05) is 19.8 Å². The van der Waals surface area contributed by atoms with Crippen LogP contribution in [-0.2, 0) is 19.7 Å². The average molecular weight is 417 g/mol. The number of halogens is 1. The minimum atomic E-state index is -0.844. The van der Waals surface area contributed by atoms with Crippen molar-refractivity contribution in [2.75, 3.05) is 14.1 Å². The van der Waals surface area contributed by atoms with E-state index in [-0.39, 0.29) is 16.3 Å². The van der Waals surface area contributed by atoms with Gasteiger partial charge in [-0.05, 0) is 29.7 Å². The Labute approximate surface area is 179 Å². The van der Waals surface area contributed by atoms with Gasteiger partial charge in [-0.1, -0.05) is 67.6 Å². The van der Waals surface area contributed by atoms with Crippen molar-refractivity contribution in [2.45, 2.75) is 50.8 Å². The SMILES string of the molecule is CCC(=O)C(CC(C)[N+](C)(C)C(Cl)OC(C)=O)(c1ccccc1)c1ccccc1. The molecule has 0 aliphatic heterocycles. The second kappa shape index (κ2) is 9.55. The monoisotopic (exact) mass is 416 g/mol. The molecule has 2 rings (SSSR count). The van der Waals surface area contributed by atoms with E-state index in [2.05, 4.69) is 0 Å². The minimum absolute atomic E-state index is 0.0761. The van der Waals surface area contributed by atoms with Gasteiger partial charge in [0.1, 0.15) is 5.78 Å². The maximum Gasteiger partial charge on any atom is 0.316 e. The molecule has 4 nitrogen and oxygen atoms in total. The van der Waals surface area contributed by atoms with Gasteiger partial charge in [-0.3, -0.25) is 14.1 Å². The largest absolute Gasteiger partial charge is 0.398 e. The summed E-state index contributed by atoms with van der Waals surface area (Å²) in [5.41, 5.74) is 0.273. The van der Waals surface area contributed by atoms with Crippen LogP contribution in [0.5, 0.6) is 0 Å². The third kappa shape index (κ3) is 4.88. The van der Waals surface area contributed by atoms with E-state index in [0.29, 0.717) is 12.8 Å². The lowest BCUT2D eigenvalue weighted by Gasteiger charge is -2.43. The van der Waals surface area contributed by atoms with Crippen molar-refractivity contribution in [1.82, 2.24) is 0 Å². The summed E-state index contributed by atoms with van der Waals surface area (Å²) in [6.45, 7) is 5.29. The summed E-state index contributed by atoms with van der Waals surface area (Å²) in [6, 6.07) is 19.7. The average Bonchev–Trinajstić information content (AvgIpc) is 2.72. The van der Waals surface area contributed by atoms with Crippen molar-refractivity contribution < 1.29 is 18.8 Å².